The van der Waals surface area contributed by atoms with Gasteiger partial charge in [0.15, 0.2) is 10.9 Å². The van der Waals surface area contributed by atoms with Crippen LogP contribution in [0.1, 0.15) is 57.4 Å². The molecule has 5 nitrogen and oxygen atoms in total. The van der Waals surface area contributed by atoms with E-state index in [0.29, 0.717) is 12.5 Å². The summed E-state index contributed by atoms with van der Waals surface area (Å²) >= 11 is 1.75. The van der Waals surface area contributed by atoms with Gasteiger partial charge in [-0.1, -0.05) is 31.0 Å². The van der Waals surface area contributed by atoms with Crippen LogP contribution >= 0.6 is 11.8 Å². The number of nitriles is 1. The maximum atomic E-state index is 8.61. The largest absolute Gasteiger partial charge is 0.461 e. The molecule has 0 atom stereocenters. The van der Waals surface area contributed by atoms with Crippen LogP contribution in [-0.4, -0.2) is 20.5 Å². The Kier molecular flexibility index (Phi) is 5.76. The maximum absolute atomic E-state index is 8.61. The molecule has 0 spiro atoms. The summed E-state index contributed by atoms with van der Waals surface area (Å²) in [5, 5.41) is 18.4. The lowest BCUT2D eigenvalue weighted by Crippen LogP contribution is -2.15. The van der Waals surface area contributed by atoms with Crippen molar-refractivity contribution in [3.63, 3.8) is 0 Å². The van der Waals surface area contributed by atoms with E-state index in [2.05, 4.69) is 20.8 Å². The average Bonchev–Trinajstić information content (AvgIpc) is 3.25. The lowest BCUT2D eigenvalue weighted by atomic mass is 9.95. The summed E-state index contributed by atoms with van der Waals surface area (Å²) in [6.45, 7) is 0. The van der Waals surface area contributed by atoms with Gasteiger partial charge in [0, 0.05) is 18.2 Å². The van der Waals surface area contributed by atoms with Gasteiger partial charge in [-0.2, -0.15) is 5.26 Å². The average molecular weight is 330 g/mol. The minimum Gasteiger partial charge on any atom is -0.461 e. The predicted octanol–water partition coefficient (Wildman–Crippen LogP) is 4.83. The summed E-state index contributed by atoms with van der Waals surface area (Å²) < 4.78 is 7.84. The first-order valence-corrected chi connectivity index (χ1v) is 9.37. The Bertz CT molecular complexity index is 638. The van der Waals surface area contributed by atoms with E-state index in [4.69, 9.17) is 9.68 Å². The van der Waals surface area contributed by atoms with Crippen LogP contribution in [0.5, 0.6) is 0 Å². The zero-order chi connectivity index (χ0) is 15.9. The van der Waals surface area contributed by atoms with Crippen molar-refractivity contribution in [1.82, 2.24) is 14.8 Å². The lowest BCUT2D eigenvalue weighted by Gasteiger charge is -2.25. The molecule has 2 aromatic heterocycles. The van der Waals surface area contributed by atoms with E-state index in [1.165, 1.54) is 32.1 Å². The van der Waals surface area contributed by atoms with E-state index >= 15 is 0 Å². The van der Waals surface area contributed by atoms with E-state index < -0.39 is 0 Å². The number of nitrogens with zero attached hydrogens (tertiary/aromatic N) is 4. The second-order valence-corrected chi connectivity index (χ2v) is 6.97. The Morgan fingerprint density at radius 1 is 1.26 bits per heavy atom. The quantitative estimate of drug-likeness (QED) is 0.537. The van der Waals surface area contributed by atoms with Crippen molar-refractivity contribution in [3.8, 4) is 17.7 Å². The summed E-state index contributed by atoms with van der Waals surface area (Å²) in [4.78, 5) is 0. The smallest absolute Gasteiger partial charge is 0.200 e. The highest BCUT2D eigenvalue weighted by Crippen LogP contribution is 2.35. The monoisotopic (exact) mass is 330 g/mol. The molecule has 0 amide bonds. The topological polar surface area (TPSA) is 67.6 Å². The molecule has 0 aromatic carbocycles. The van der Waals surface area contributed by atoms with Crippen LogP contribution in [0.2, 0.25) is 0 Å². The Balaban J connectivity index is 1.77. The highest BCUT2D eigenvalue weighted by molar-refractivity contribution is 7.99. The molecule has 1 aliphatic rings. The SMILES string of the molecule is N#CCCCCSc1nnc(-c2ccco2)n1C1CCCCC1. The molecule has 0 radical (unpaired) electrons. The second kappa shape index (κ2) is 8.21. The van der Waals surface area contributed by atoms with Gasteiger partial charge >= 0.3 is 0 Å². The summed E-state index contributed by atoms with van der Waals surface area (Å²) in [5.74, 6) is 2.62. The Labute approximate surface area is 141 Å². The molecule has 1 saturated carbocycles. The molecule has 1 aliphatic carbocycles. The van der Waals surface area contributed by atoms with Gasteiger partial charge in [-0.25, -0.2) is 0 Å². The minimum atomic E-state index is 0.473. The lowest BCUT2D eigenvalue weighted by molar-refractivity contribution is 0.337. The number of rotatable bonds is 7. The van der Waals surface area contributed by atoms with Crippen LogP contribution in [0.4, 0.5) is 0 Å². The number of furan rings is 1. The maximum Gasteiger partial charge on any atom is 0.200 e. The van der Waals surface area contributed by atoms with Crippen LogP contribution < -0.4 is 0 Å². The number of hydrogen-bond acceptors (Lipinski definition) is 5. The fourth-order valence-corrected chi connectivity index (χ4v) is 4.09. The van der Waals surface area contributed by atoms with Crippen LogP contribution in [-0.2, 0) is 0 Å². The minimum absolute atomic E-state index is 0.473. The third-order valence-electron chi connectivity index (χ3n) is 4.26. The van der Waals surface area contributed by atoms with Gasteiger partial charge in [-0.3, -0.25) is 4.57 Å². The van der Waals surface area contributed by atoms with Crippen LogP contribution in [0.15, 0.2) is 28.0 Å². The molecule has 122 valence electrons. The molecule has 6 heteroatoms. The molecular weight excluding hydrogens is 308 g/mol. The Morgan fingerprint density at radius 3 is 2.87 bits per heavy atom. The van der Waals surface area contributed by atoms with E-state index in [0.717, 1.165) is 35.3 Å². The molecule has 1 fully saturated rings. The van der Waals surface area contributed by atoms with Gasteiger partial charge in [0.05, 0.1) is 12.3 Å². The first-order valence-electron chi connectivity index (χ1n) is 8.38. The molecule has 0 unspecified atom stereocenters. The summed E-state index contributed by atoms with van der Waals surface area (Å²) in [6, 6.07) is 6.51. The summed E-state index contributed by atoms with van der Waals surface area (Å²) in [6.07, 6.45) is 10.5. The summed E-state index contributed by atoms with van der Waals surface area (Å²) in [5.41, 5.74) is 0. The van der Waals surface area contributed by atoms with E-state index in [1.54, 1.807) is 18.0 Å². The van der Waals surface area contributed by atoms with E-state index in [1.807, 2.05) is 12.1 Å². The number of hydrogen-bond donors (Lipinski definition) is 0. The van der Waals surface area contributed by atoms with Crippen molar-refractivity contribution in [3.05, 3.63) is 18.4 Å². The Hall–Kier alpha value is -1.74. The van der Waals surface area contributed by atoms with Gasteiger partial charge in [0.2, 0.25) is 5.82 Å². The molecule has 0 N–H and O–H groups in total. The number of aromatic nitrogens is 3. The number of unbranched alkanes of at least 4 members (excludes halogenated alkanes) is 2. The van der Waals surface area contributed by atoms with Crippen molar-refractivity contribution in [1.29, 1.82) is 5.26 Å². The molecule has 0 aliphatic heterocycles. The van der Waals surface area contributed by atoms with E-state index in [-0.39, 0.29) is 0 Å². The molecule has 2 heterocycles. The van der Waals surface area contributed by atoms with Crippen molar-refractivity contribution in [2.24, 2.45) is 0 Å². The number of thioether (sulfide) groups is 1. The molecule has 23 heavy (non-hydrogen) atoms. The Morgan fingerprint density at radius 2 is 2.13 bits per heavy atom. The van der Waals surface area contributed by atoms with Gasteiger partial charge in [0.25, 0.3) is 0 Å². The normalized spacial score (nSPS) is 15.6. The summed E-state index contributed by atoms with van der Waals surface area (Å²) in [7, 11) is 0. The van der Waals surface area contributed by atoms with Crippen molar-refractivity contribution in [2.75, 3.05) is 5.75 Å². The fourth-order valence-electron chi connectivity index (χ4n) is 3.09. The molecule has 2 aromatic rings. The molecular formula is C17H22N4OS. The predicted molar refractivity (Wildman–Crippen MR) is 90.0 cm³/mol. The standard InChI is InChI=1S/C17H22N4OS/c18-11-5-2-6-13-23-17-20-19-16(15-10-7-12-22-15)21(17)14-8-3-1-4-9-14/h7,10,12,14H,1-6,8-9,13H2. The highest BCUT2D eigenvalue weighted by Gasteiger charge is 2.24. The third-order valence-corrected chi connectivity index (χ3v) is 5.29. The molecule has 0 saturated heterocycles. The second-order valence-electron chi connectivity index (χ2n) is 5.91. The van der Waals surface area contributed by atoms with Crippen molar-refractivity contribution < 1.29 is 4.42 Å². The zero-order valence-corrected chi connectivity index (χ0v) is 14.1. The zero-order valence-electron chi connectivity index (χ0n) is 13.3. The van der Waals surface area contributed by atoms with Gasteiger partial charge in [0.1, 0.15) is 0 Å². The first kappa shape index (κ1) is 16.1. The van der Waals surface area contributed by atoms with Gasteiger partial charge in [-0.15, -0.1) is 10.2 Å². The fraction of sp³-hybridized carbons (Fsp3) is 0.588. The first-order chi connectivity index (χ1) is 11.4. The molecule has 3 rings (SSSR count). The van der Waals surface area contributed by atoms with Gasteiger partial charge in [-0.05, 0) is 37.8 Å². The van der Waals surface area contributed by atoms with Crippen LogP contribution in [0.3, 0.4) is 0 Å². The van der Waals surface area contributed by atoms with Crippen molar-refractivity contribution >= 4 is 11.8 Å². The van der Waals surface area contributed by atoms with Crippen LogP contribution in [0, 0.1) is 11.3 Å². The van der Waals surface area contributed by atoms with Crippen molar-refractivity contribution in [2.45, 2.75) is 62.6 Å². The third kappa shape index (κ3) is 3.97. The van der Waals surface area contributed by atoms with E-state index in [9.17, 15) is 0 Å². The highest BCUT2D eigenvalue weighted by atomic mass is 32.2. The van der Waals surface area contributed by atoms with Crippen LogP contribution in [0.25, 0.3) is 11.6 Å². The molecule has 0 bridgehead atoms. The van der Waals surface area contributed by atoms with Gasteiger partial charge < -0.3 is 4.42 Å².